The Balaban J connectivity index is 2.46. The molecular weight excluding hydrogens is 308 g/mol. The lowest BCUT2D eigenvalue weighted by molar-refractivity contribution is 0.601. The predicted octanol–water partition coefficient (Wildman–Crippen LogP) is 3.65. The van der Waals surface area contributed by atoms with Gasteiger partial charge in [-0.25, -0.2) is 8.42 Å². The Morgan fingerprint density at radius 2 is 1.76 bits per heavy atom. The Hall–Kier alpha value is -1.72. The van der Waals surface area contributed by atoms with Crippen molar-refractivity contribution >= 4 is 33.0 Å². The molecule has 2 aromatic carbocycles. The first kappa shape index (κ1) is 15.7. The van der Waals surface area contributed by atoms with E-state index in [4.69, 9.17) is 17.3 Å². The highest BCUT2D eigenvalue weighted by Gasteiger charge is 2.18. The van der Waals surface area contributed by atoms with Crippen LogP contribution in [0, 0.1) is 20.8 Å². The number of sulfonamides is 1. The Morgan fingerprint density at radius 3 is 2.38 bits per heavy atom. The number of hydrogen-bond acceptors (Lipinski definition) is 3. The zero-order valence-electron chi connectivity index (χ0n) is 12.1. The number of halogens is 1. The molecule has 21 heavy (non-hydrogen) atoms. The summed E-state index contributed by atoms with van der Waals surface area (Å²) in [6.45, 7) is 5.53. The van der Waals surface area contributed by atoms with Gasteiger partial charge < -0.3 is 5.73 Å². The van der Waals surface area contributed by atoms with Gasteiger partial charge in [0.15, 0.2) is 0 Å². The van der Waals surface area contributed by atoms with E-state index in [1.165, 1.54) is 12.1 Å². The van der Waals surface area contributed by atoms with E-state index in [1.54, 1.807) is 19.1 Å². The topological polar surface area (TPSA) is 72.2 Å². The molecule has 0 aliphatic heterocycles. The fourth-order valence-electron chi connectivity index (χ4n) is 1.89. The van der Waals surface area contributed by atoms with Crippen LogP contribution in [0.4, 0.5) is 11.4 Å². The van der Waals surface area contributed by atoms with Crippen LogP contribution >= 0.6 is 11.6 Å². The Kier molecular flexibility index (Phi) is 4.16. The molecule has 0 unspecified atom stereocenters. The van der Waals surface area contributed by atoms with Gasteiger partial charge in [-0.3, -0.25) is 4.72 Å². The van der Waals surface area contributed by atoms with E-state index in [0.717, 1.165) is 11.1 Å². The summed E-state index contributed by atoms with van der Waals surface area (Å²) >= 11 is 6.01. The first-order chi connectivity index (χ1) is 9.72. The van der Waals surface area contributed by atoms with E-state index < -0.39 is 10.0 Å². The van der Waals surface area contributed by atoms with Gasteiger partial charge in [-0.15, -0.1) is 0 Å². The first-order valence-electron chi connectivity index (χ1n) is 6.37. The average molecular weight is 325 g/mol. The predicted molar refractivity (Wildman–Crippen MR) is 87.3 cm³/mol. The van der Waals surface area contributed by atoms with Gasteiger partial charge in [0.25, 0.3) is 10.0 Å². The van der Waals surface area contributed by atoms with E-state index in [9.17, 15) is 8.42 Å². The molecule has 0 heterocycles. The third-order valence-corrected chi connectivity index (χ3v) is 5.25. The number of nitrogens with two attached hydrogens (primary N) is 1. The molecule has 2 aromatic rings. The van der Waals surface area contributed by atoms with Crippen molar-refractivity contribution < 1.29 is 8.42 Å². The van der Waals surface area contributed by atoms with Crippen molar-refractivity contribution in [1.82, 2.24) is 0 Å². The standard InChI is InChI=1S/C15H17ClN2O2S/c1-9-5-4-6-15(10(9)2)18-21(19,20)12-7-13(16)11(3)14(17)8-12/h4-8,18H,17H2,1-3H3. The number of hydrogen-bond donors (Lipinski definition) is 2. The van der Waals surface area contributed by atoms with E-state index in [0.29, 0.717) is 22.0 Å². The van der Waals surface area contributed by atoms with Gasteiger partial charge in [0.2, 0.25) is 0 Å². The van der Waals surface area contributed by atoms with Gasteiger partial charge in [-0.05, 0) is 55.7 Å². The third kappa shape index (κ3) is 3.14. The van der Waals surface area contributed by atoms with Crippen LogP contribution in [0.2, 0.25) is 5.02 Å². The van der Waals surface area contributed by atoms with Crippen LogP contribution in [0.5, 0.6) is 0 Å². The highest BCUT2D eigenvalue weighted by Crippen LogP contribution is 2.28. The molecule has 0 fully saturated rings. The van der Waals surface area contributed by atoms with Gasteiger partial charge in [-0.2, -0.15) is 0 Å². The SMILES string of the molecule is Cc1cccc(NS(=O)(=O)c2cc(N)c(C)c(Cl)c2)c1C. The summed E-state index contributed by atoms with van der Waals surface area (Å²) < 4.78 is 27.5. The fraction of sp³-hybridized carbons (Fsp3) is 0.200. The highest BCUT2D eigenvalue weighted by atomic mass is 35.5. The van der Waals surface area contributed by atoms with E-state index >= 15 is 0 Å². The molecule has 0 amide bonds. The van der Waals surface area contributed by atoms with Crippen molar-refractivity contribution in [1.29, 1.82) is 0 Å². The number of benzene rings is 2. The quantitative estimate of drug-likeness (QED) is 0.846. The number of nitrogen functional groups attached to an aromatic ring is 1. The molecule has 2 rings (SSSR count). The van der Waals surface area contributed by atoms with Gasteiger partial charge in [0, 0.05) is 10.7 Å². The van der Waals surface area contributed by atoms with Gasteiger partial charge >= 0.3 is 0 Å². The van der Waals surface area contributed by atoms with Crippen LogP contribution in [-0.2, 0) is 10.0 Å². The summed E-state index contributed by atoms with van der Waals surface area (Å²) in [6.07, 6.45) is 0. The summed E-state index contributed by atoms with van der Waals surface area (Å²) in [4.78, 5) is 0.0523. The molecule has 3 N–H and O–H groups in total. The fourth-order valence-corrected chi connectivity index (χ4v) is 3.37. The third-order valence-electron chi connectivity index (χ3n) is 3.52. The maximum Gasteiger partial charge on any atom is 0.262 e. The van der Waals surface area contributed by atoms with Gasteiger partial charge in [0.1, 0.15) is 0 Å². The summed E-state index contributed by atoms with van der Waals surface area (Å²) in [5.74, 6) is 0. The minimum Gasteiger partial charge on any atom is -0.398 e. The zero-order valence-corrected chi connectivity index (χ0v) is 13.6. The molecule has 0 atom stereocenters. The highest BCUT2D eigenvalue weighted by molar-refractivity contribution is 7.92. The Morgan fingerprint density at radius 1 is 1.10 bits per heavy atom. The Bertz CT molecular complexity index is 778. The van der Waals surface area contributed by atoms with Crippen molar-refractivity contribution in [3.63, 3.8) is 0 Å². The lowest BCUT2D eigenvalue weighted by atomic mass is 10.1. The molecular formula is C15H17ClN2O2S. The summed E-state index contributed by atoms with van der Waals surface area (Å²) in [5, 5.41) is 0.330. The van der Waals surface area contributed by atoms with Crippen LogP contribution < -0.4 is 10.5 Å². The molecule has 0 radical (unpaired) electrons. The lowest BCUT2D eigenvalue weighted by Gasteiger charge is -2.13. The first-order valence-corrected chi connectivity index (χ1v) is 8.23. The van der Waals surface area contributed by atoms with Crippen molar-refractivity contribution in [3.05, 3.63) is 52.0 Å². The molecule has 4 nitrogen and oxygen atoms in total. The normalized spacial score (nSPS) is 11.4. The van der Waals surface area contributed by atoms with Gasteiger partial charge in [-0.1, -0.05) is 23.7 Å². The molecule has 0 saturated carbocycles. The molecule has 112 valence electrons. The number of nitrogens with one attached hydrogen (secondary N) is 1. The minimum atomic E-state index is -3.73. The molecule has 0 bridgehead atoms. The summed E-state index contributed by atoms with van der Waals surface area (Å²) in [7, 11) is -3.73. The van der Waals surface area contributed by atoms with Crippen LogP contribution in [0.1, 0.15) is 16.7 Å². The van der Waals surface area contributed by atoms with Crippen molar-refractivity contribution in [2.75, 3.05) is 10.5 Å². The van der Waals surface area contributed by atoms with Crippen LogP contribution in [0.15, 0.2) is 35.2 Å². The molecule has 0 aliphatic carbocycles. The Labute approximate surface area is 130 Å². The summed E-state index contributed by atoms with van der Waals surface area (Å²) in [5.41, 5.74) is 9.25. The van der Waals surface area contributed by atoms with Crippen molar-refractivity contribution in [2.24, 2.45) is 0 Å². The molecule has 0 saturated heterocycles. The maximum absolute atomic E-state index is 12.5. The smallest absolute Gasteiger partial charge is 0.262 e. The monoisotopic (exact) mass is 324 g/mol. The molecule has 0 aliphatic rings. The number of anilines is 2. The second-order valence-corrected chi connectivity index (χ2v) is 7.06. The largest absolute Gasteiger partial charge is 0.398 e. The second-order valence-electron chi connectivity index (χ2n) is 4.97. The van der Waals surface area contributed by atoms with Crippen LogP contribution in [0.25, 0.3) is 0 Å². The van der Waals surface area contributed by atoms with Gasteiger partial charge in [0.05, 0.1) is 10.6 Å². The average Bonchev–Trinajstić information content (AvgIpc) is 2.40. The minimum absolute atomic E-state index is 0.0523. The van der Waals surface area contributed by atoms with Crippen molar-refractivity contribution in [2.45, 2.75) is 25.7 Å². The number of rotatable bonds is 3. The molecule has 0 aromatic heterocycles. The zero-order chi connectivity index (χ0) is 15.8. The van der Waals surface area contributed by atoms with Crippen LogP contribution in [0.3, 0.4) is 0 Å². The van der Waals surface area contributed by atoms with E-state index in [2.05, 4.69) is 4.72 Å². The van der Waals surface area contributed by atoms with Crippen molar-refractivity contribution in [3.8, 4) is 0 Å². The maximum atomic E-state index is 12.5. The lowest BCUT2D eigenvalue weighted by Crippen LogP contribution is -2.14. The molecule has 6 heteroatoms. The summed E-state index contributed by atoms with van der Waals surface area (Å²) in [6, 6.07) is 8.26. The number of aryl methyl sites for hydroxylation is 1. The van der Waals surface area contributed by atoms with Crippen LogP contribution in [-0.4, -0.2) is 8.42 Å². The van der Waals surface area contributed by atoms with E-state index in [-0.39, 0.29) is 4.90 Å². The van der Waals surface area contributed by atoms with E-state index in [1.807, 2.05) is 19.9 Å². The molecule has 0 spiro atoms. The second kappa shape index (κ2) is 5.58.